The van der Waals surface area contributed by atoms with E-state index in [4.69, 9.17) is 9.47 Å². The van der Waals surface area contributed by atoms with Gasteiger partial charge in [0.1, 0.15) is 5.75 Å². The molecule has 0 saturated heterocycles. The second kappa shape index (κ2) is 10.4. The van der Waals surface area contributed by atoms with Crippen molar-refractivity contribution in [3.05, 3.63) is 35.9 Å². The lowest BCUT2D eigenvalue weighted by atomic mass is 10.1. The molecule has 1 aromatic rings. The van der Waals surface area contributed by atoms with E-state index in [2.05, 4.69) is 5.32 Å². The summed E-state index contributed by atoms with van der Waals surface area (Å²) in [5.74, 6) is -0.618. The van der Waals surface area contributed by atoms with Gasteiger partial charge in [-0.3, -0.25) is 9.59 Å². The number of carbonyl (C=O) groups is 3. The van der Waals surface area contributed by atoms with E-state index in [0.717, 1.165) is 11.3 Å². The zero-order chi connectivity index (χ0) is 20.4. The van der Waals surface area contributed by atoms with Crippen molar-refractivity contribution in [2.45, 2.75) is 33.2 Å². The van der Waals surface area contributed by atoms with Gasteiger partial charge in [-0.05, 0) is 51.5 Å². The number of benzene rings is 1. The summed E-state index contributed by atoms with van der Waals surface area (Å²) < 4.78 is 10.3. The van der Waals surface area contributed by atoms with Gasteiger partial charge in [0, 0.05) is 18.7 Å². The van der Waals surface area contributed by atoms with Crippen molar-refractivity contribution < 1.29 is 23.9 Å². The molecule has 0 aliphatic rings. The monoisotopic (exact) mass is 376 g/mol. The van der Waals surface area contributed by atoms with E-state index < -0.39 is 18.5 Å². The lowest BCUT2D eigenvalue weighted by molar-refractivity contribution is -0.148. The number of hydrogen-bond acceptors (Lipinski definition) is 5. The van der Waals surface area contributed by atoms with Gasteiger partial charge in [-0.25, -0.2) is 4.79 Å². The fraction of sp³-hybridized carbons (Fsp3) is 0.450. The van der Waals surface area contributed by atoms with Crippen molar-refractivity contribution in [1.29, 1.82) is 0 Å². The first-order chi connectivity index (χ1) is 12.6. The van der Waals surface area contributed by atoms with Gasteiger partial charge in [0.2, 0.25) is 5.91 Å². The summed E-state index contributed by atoms with van der Waals surface area (Å²) in [7, 11) is 1.48. The average molecular weight is 376 g/mol. The second-order valence-corrected chi connectivity index (χ2v) is 6.99. The average Bonchev–Trinajstić information content (AvgIpc) is 2.57. The lowest BCUT2D eigenvalue weighted by Gasteiger charge is -2.23. The predicted molar refractivity (Wildman–Crippen MR) is 103 cm³/mol. The molecular formula is C20H28N2O5. The molecule has 0 heterocycles. The summed E-state index contributed by atoms with van der Waals surface area (Å²) >= 11 is 0. The van der Waals surface area contributed by atoms with Crippen molar-refractivity contribution >= 4 is 23.9 Å². The number of esters is 1. The molecule has 0 saturated carbocycles. The summed E-state index contributed by atoms with van der Waals surface area (Å²) in [6, 6.07) is 7.22. The zero-order valence-electron chi connectivity index (χ0n) is 16.6. The van der Waals surface area contributed by atoms with Gasteiger partial charge in [-0.1, -0.05) is 12.1 Å². The highest BCUT2D eigenvalue weighted by atomic mass is 16.5. The number of nitrogens with zero attached hydrogens (tertiary/aromatic N) is 1. The molecule has 0 unspecified atom stereocenters. The SMILES string of the molecule is CCOc1ccc(/C=C/C(=O)OCC(=O)N(C)CC(=O)NC(C)(C)C)cc1. The number of amides is 2. The van der Waals surface area contributed by atoms with Gasteiger partial charge in [-0.2, -0.15) is 0 Å². The first-order valence-electron chi connectivity index (χ1n) is 8.73. The molecule has 1 rings (SSSR count). The smallest absolute Gasteiger partial charge is 0.331 e. The van der Waals surface area contributed by atoms with Crippen LogP contribution in [0.2, 0.25) is 0 Å². The van der Waals surface area contributed by atoms with Gasteiger partial charge in [-0.15, -0.1) is 0 Å². The summed E-state index contributed by atoms with van der Waals surface area (Å²) in [6.07, 6.45) is 2.83. The van der Waals surface area contributed by atoms with Gasteiger partial charge < -0.3 is 19.7 Å². The van der Waals surface area contributed by atoms with Crippen LogP contribution < -0.4 is 10.1 Å². The molecule has 7 heteroatoms. The minimum absolute atomic E-state index is 0.102. The fourth-order valence-electron chi connectivity index (χ4n) is 2.06. The van der Waals surface area contributed by atoms with E-state index in [1.807, 2.05) is 39.8 Å². The van der Waals surface area contributed by atoms with E-state index in [0.29, 0.717) is 6.61 Å². The van der Waals surface area contributed by atoms with Gasteiger partial charge in [0.25, 0.3) is 5.91 Å². The Kier molecular flexibility index (Phi) is 8.51. The first-order valence-corrected chi connectivity index (χ1v) is 8.73. The molecule has 0 aliphatic carbocycles. The highest BCUT2D eigenvalue weighted by Crippen LogP contribution is 2.13. The maximum Gasteiger partial charge on any atom is 0.331 e. The minimum atomic E-state index is -0.634. The molecule has 27 heavy (non-hydrogen) atoms. The number of rotatable bonds is 8. The first kappa shape index (κ1) is 22.2. The Balaban J connectivity index is 2.41. The van der Waals surface area contributed by atoms with E-state index in [1.165, 1.54) is 18.0 Å². The minimum Gasteiger partial charge on any atom is -0.494 e. The molecule has 0 aromatic heterocycles. The molecule has 0 bridgehead atoms. The quantitative estimate of drug-likeness (QED) is 0.554. The zero-order valence-corrected chi connectivity index (χ0v) is 16.6. The topological polar surface area (TPSA) is 84.9 Å². The molecule has 1 aromatic carbocycles. The molecular weight excluding hydrogens is 348 g/mol. The summed E-state index contributed by atoms with van der Waals surface area (Å²) in [6.45, 7) is 7.52. The third kappa shape index (κ3) is 9.44. The Morgan fingerprint density at radius 2 is 1.78 bits per heavy atom. The number of ether oxygens (including phenoxy) is 2. The highest BCUT2D eigenvalue weighted by Gasteiger charge is 2.18. The second-order valence-electron chi connectivity index (χ2n) is 6.99. The number of hydrogen-bond donors (Lipinski definition) is 1. The molecule has 7 nitrogen and oxygen atoms in total. The maximum atomic E-state index is 12.0. The van der Waals surface area contributed by atoms with Gasteiger partial charge in [0.15, 0.2) is 6.61 Å². The van der Waals surface area contributed by atoms with Crippen LogP contribution >= 0.6 is 0 Å². The van der Waals surface area contributed by atoms with Crippen LogP contribution in [-0.4, -0.2) is 55.0 Å². The van der Waals surface area contributed by atoms with Gasteiger partial charge >= 0.3 is 5.97 Å². The van der Waals surface area contributed by atoms with Crippen molar-refractivity contribution in [3.63, 3.8) is 0 Å². The van der Waals surface area contributed by atoms with Crippen LogP contribution in [0.1, 0.15) is 33.3 Å². The van der Waals surface area contributed by atoms with Crippen LogP contribution in [0.15, 0.2) is 30.3 Å². The molecule has 0 spiro atoms. The van der Waals surface area contributed by atoms with E-state index in [1.54, 1.807) is 18.2 Å². The molecule has 2 amide bonds. The van der Waals surface area contributed by atoms with E-state index in [-0.39, 0.29) is 18.0 Å². The molecule has 0 aliphatic heterocycles. The van der Waals surface area contributed by atoms with Crippen molar-refractivity contribution in [2.75, 3.05) is 26.8 Å². The Bertz CT molecular complexity index is 675. The maximum absolute atomic E-state index is 12.0. The highest BCUT2D eigenvalue weighted by molar-refractivity contribution is 5.90. The fourth-order valence-corrected chi connectivity index (χ4v) is 2.06. The number of carbonyl (C=O) groups excluding carboxylic acids is 3. The summed E-state index contributed by atoms with van der Waals surface area (Å²) in [4.78, 5) is 36.7. The van der Waals surface area contributed by atoms with Crippen molar-refractivity contribution in [1.82, 2.24) is 10.2 Å². The molecule has 0 fully saturated rings. The number of likely N-dealkylation sites (N-methyl/N-ethyl adjacent to an activating group) is 1. The summed E-state index contributed by atoms with van der Waals surface area (Å²) in [5.41, 5.74) is 0.428. The van der Waals surface area contributed by atoms with Crippen molar-refractivity contribution in [3.8, 4) is 5.75 Å². The van der Waals surface area contributed by atoms with Crippen LogP contribution in [0.3, 0.4) is 0 Å². The van der Waals surface area contributed by atoms with Crippen LogP contribution in [0.4, 0.5) is 0 Å². The van der Waals surface area contributed by atoms with Crippen LogP contribution in [-0.2, 0) is 19.1 Å². The Hall–Kier alpha value is -2.83. The Labute approximate surface area is 160 Å². The van der Waals surface area contributed by atoms with Crippen LogP contribution in [0.25, 0.3) is 6.08 Å². The third-order valence-corrected chi connectivity index (χ3v) is 3.26. The molecule has 0 atom stereocenters. The molecule has 1 N–H and O–H groups in total. The normalized spacial score (nSPS) is 11.1. The Morgan fingerprint density at radius 3 is 2.33 bits per heavy atom. The molecule has 148 valence electrons. The third-order valence-electron chi connectivity index (χ3n) is 3.26. The lowest BCUT2D eigenvalue weighted by Crippen LogP contribution is -2.46. The molecule has 0 radical (unpaired) electrons. The van der Waals surface area contributed by atoms with E-state index >= 15 is 0 Å². The predicted octanol–water partition coefficient (Wildman–Crippen LogP) is 2.01. The summed E-state index contributed by atoms with van der Waals surface area (Å²) in [5, 5.41) is 2.76. The standard InChI is InChI=1S/C20H28N2O5/c1-6-26-16-10-7-15(8-11-16)9-12-19(25)27-14-18(24)22(5)13-17(23)21-20(2,3)4/h7-12H,6,13-14H2,1-5H3,(H,21,23)/b12-9+. The van der Waals surface area contributed by atoms with Crippen molar-refractivity contribution in [2.24, 2.45) is 0 Å². The Morgan fingerprint density at radius 1 is 1.15 bits per heavy atom. The van der Waals surface area contributed by atoms with E-state index in [9.17, 15) is 14.4 Å². The van der Waals surface area contributed by atoms with Gasteiger partial charge in [0.05, 0.1) is 13.2 Å². The largest absolute Gasteiger partial charge is 0.494 e. The number of nitrogens with one attached hydrogen (secondary N) is 1. The van der Waals surface area contributed by atoms with Crippen LogP contribution in [0, 0.1) is 0 Å². The van der Waals surface area contributed by atoms with Crippen LogP contribution in [0.5, 0.6) is 5.75 Å².